The molecule has 1 spiro atoms. The number of ether oxygens (including phenoxy) is 1. The topological polar surface area (TPSA) is 90.4 Å². The van der Waals surface area contributed by atoms with E-state index in [9.17, 15) is 19.5 Å². The van der Waals surface area contributed by atoms with E-state index in [0.29, 0.717) is 30.9 Å². The number of rotatable bonds is 13. The number of amides is 3. The van der Waals surface area contributed by atoms with Gasteiger partial charge in [-0.2, -0.15) is 0 Å². The van der Waals surface area contributed by atoms with Gasteiger partial charge < -0.3 is 24.5 Å². The van der Waals surface area contributed by atoms with Crippen LogP contribution in [0.3, 0.4) is 0 Å². The molecule has 0 saturated carbocycles. The average Bonchev–Trinajstić information content (AvgIpc) is 3.68. The summed E-state index contributed by atoms with van der Waals surface area (Å²) in [5, 5.41) is 10.4. The maximum atomic E-state index is 14.9. The van der Waals surface area contributed by atoms with Crippen molar-refractivity contribution < 1.29 is 24.2 Å². The number of thioether (sulfide) groups is 1. The lowest BCUT2D eigenvalue weighted by molar-refractivity contribution is -0.141. The summed E-state index contributed by atoms with van der Waals surface area (Å²) in [6.07, 6.45) is 5.26. The molecule has 8 nitrogen and oxygen atoms in total. The number of carbonyl (C=O) groups excluding carboxylic acids is 3. The van der Waals surface area contributed by atoms with E-state index < -0.39 is 28.7 Å². The van der Waals surface area contributed by atoms with Gasteiger partial charge in [-0.1, -0.05) is 31.2 Å². The Labute approximate surface area is 271 Å². The summed E-state index contributed by atoms with van der Waals surface area (Å²) < 4.78 is 4.82. The van der Waals surface area contributed by atoms with E-state index in [1.807, 2.05) is 70.2 Å². The number of hydrogen-bond donors (Lipinski definition) is 1. The molecule has 3 saturated heterocycles. The molecule has 9 heteroatoms. The minimum Gasteiger partial charge on any atom is -0.494 e. The Balaban J connectivity index is 1.58. The molecule has 3 amide bonds. The zero-order valence-electron chi connectivity index (χ0n) is 26.8. The Bertz CT molecular complexity index is 1460. The number of aliphatic hydroxyl groups excluding tert-OH is 1. The predicted octanol–water partition coefficient (Wildman–Crippen LogP) is 5.30. The lowest BCUT2D eigenvalue weighted by Gasteiger charge is -2.39. The van der Waals surface area contributed by atoms with Crippen LogP contribution in [0, 0.1) is 25.7 Å². The summed E-state index contributed by atoms with van der Waals surface area (Å²) in [7, 11) is 0. The summed E-state index contributed by atoms with van der Waals surface area (Å²) in [5.41, 5.74) is 3.45. The number of nitrogens with zero attached hydrogens (tertiary/aromatic N) is 3. The van der Waals surface area contributed by atoms with Crippen LogP contribution in [0.4, 0.5) is 11.4 Å². The van der Waals surface area contributed by atoms with Crippen LogP contribution < -0.4 is 14.5 Å². The molecule has 0 radical (unpaired) electrons. The second kappa shape index (κ2) is 13.4. The quantitative estimate of drug-likeness (QED) is 0.302. The number of aryl methyl sites for hydroxylation is 2. The Hall–Kier alpha value is -3.56. The van der Waals surface area contributed by atoms with E-state index in [1.54, 1.807) is 38.6 Å². The molecule has 45 heavy (non-hydrogen) atoms. The van der Waals surface area contributed by atoms with E-state index in [2.05, 4.69) is 13.2 Å². The van der Waals surface area contributed by atoms with Gasteiger partial charge in [0.15, 0.2) is 0 Å². The molecule has 2 aromatic carbocycles. The van der Waals surface area contributed by atoms with Crippen molar-refractivity contribution in [3.63, 3.8) is 0 Å². The van der Waals surface area contributed by atoms with Gasteiger partial charge in [-0.25, -0.2) is 0 Å². The maximum Gasteiger partial charge on any atom is 0.251 e. The SMILES string of the molecule is C=CCN(C(=O)[C@@H]1[C@H]2C(=O)N([C@@H](CC)CO)C(C(=O)N(CC=C)c3cc(C)ccc3C)C23CC[C@H]1S3)c1ccc(OCC)cc1. The fourth-order valence-corrected chi connectivity index (χ4v) is 9.77. The molecule has 0 aliphatic carbocycles. The van der Waals surface area contributed by atoms with Gasteiger partial charge >= 0.3 is 0 Å². The minimum absolute atomic E-state index is 0.0957. The van der Waals surface area contributed by atoms with Gasteiger partial charge in [-0.3, -0.25) is 14.4 Å². The number of fused-ring (bicyclic) bond motifs is 1. The molecule has 1 N–H and O–H groups in total. The van der Waals surface area contributed by atoms with Gasteiger partial charge in [-0.05, 0) is 81.5 Å². The Morgan fingerprint density at radius 3 is 2.40 bits per heavy atom. The number of likely N-dealkylation sites (tertiary alicyclic amines) is 1. The van der Waals surface area contributed by atoms with Crippen LogP contribution in [0.5, 0.6) is 5.75 Å². The third kappa shape index (κ3) is 5.58. The zero-order valence-corrected chi connectivity index (χ0v) is 27.6. The number of aliphatic hydroxyl groups is 1. The van der Waals surface area contributed by atoms with Crippen molar-refractivity contribution in [2.75, 3.05) is 36.1 Å². The van der Waals surface area contributed by atoms with Crippen molar-refractivity contribution in [1.29, 1.82) is 0 Å². The predicted molar refractivity (Wildman–Crippen MR) is 181 cm³/mol. The number of benzene rings is 2. The molecule has 2 bridgehead atoms. The first-order valence-electron chi connectivity index (χ1n) is 15.9. The van der Waals surface area contributed by atoms with Crippen LogP contribution in [0.2, 0.25) is 0 Å². The van der Waals surface area contributed by atoms with Gasteiger partial charge in [0.2, 0.25) is 11.8 Å². The fourth-order valence-electron chi connectivity index (χ4n) is 7.57. The molecule has 3 heterocycles. The highest BCUT2D eigenvalue weighted by Crippen LogP contribution is 2.67. The van der Waals surface area contributed by atoms with E-state index in [4.69, 9.17) is 4.74 Å². The first-order valence-corrected chi connectivity index (χ1v) is 16.8. The molecule has 240 valence electrons. The normalized spacial score (nSPS) is 25.5. The van der Waals surface area contributed by atoms with E-state index >= 15 is 0 Å². The van der Waals surface area contributed by atoms with Gasteiger partial charge in [0.05, 0.1) is 35.8 Å². The highest BCUT2D eigenvalue weighted by atomic mass is 32.2. The second-order valence-electron chi connectivity index (χ2n) is 12.2. The van der Waals surface area contributed by atoms with Gasteiger partial charge in [0.1, 0.15) is 11.8 Å². The van der Waals surface area contributed by atoms with Crippen molar-refractivity contribution in [1.82, 2.24) is 4.90 Å². The van der Waals surface area contributed by atoms with Crippen molar-refractivity contribution in [3.05, 3.63) is 78.9 Å². The van der Waals surface area contributed by atoms with Crippen molar-refractivity contribution in [2.24, 2.45) is 11.8 Å². The zero-order chi connectivity index (χ0) is 32.5. The van der Waals surface area contributed by atoms with Gasteiger partial charge in [0, 0.05) is 29.7 Å². The Morgan fingerprint density at radius 1 is 1.09 bits per heavy atom. The summed E-state index contributed by atoms with van der Waals surface area (Å²) in [6.45, 7) is 16.5. The maximum absolute atomic E-state index is 14.9. The molecule has 3 aliphatic heterocycles. The monoisotopic (exact) mass is 631 g/mol. The first-order chi connectivity index (χ1) is 21.7. The smallest absolute Gasteiger partial charge is 0.251 e. The number of carbonyl (C=O) groups is 3. The third-order valence-electron chi connectivity index (χ3n) is 9.60. The van der Waals surface area contributed by atoms with Crippen LogP contribution in [0.15, 0.2) is 67.8 Å². The van der Waals surface area contributed by atoms with Crippen molar-refractivity contribution in [3.8, 4) is 5.75 Å². The van der Waals surface area contributed by atoms with Crippen LogP contribution in [0.25, 0.3) is 0 Å². The molecule has 6 atom stereocenters. The van der Waals surface area contributed by atoms with Gasteiger partial charge in [-0.15, -0.1) is 24.9 Å². The summed E-state index contributed by atoms with van der Waals surface area (Å²) in [5.74, 6) is -1.12. The average molecular weight is 632 g/mol. The largest absolute Gasteiger partial charge is 0.494 e. The molecule has 0 aromatic heterocycles. The molecule has 3 fully saturated rings. The molecular formula is C36H45N3O5S. The highest BCUT2D eigenvalue weighted by molar-refractivity contribution is 8.02. The molecule has 3 aliphatic rings. The van der Waals surface area contributed by atoms with E-state index in [-0.39, 0.29) is 42.7 Å². The number of hydrogen-bond acceptors (Lipinski definition) is 6. The first kappa shape index (κ1) is 32.8. The second-order valence-corrected chi connectivity index (χ2v) is 13.8. The minimum atomic E-state index is -0.821. The highest BCUT2D eigenvalue weighted by Gasteiger charge is 2.74. The lowest BCUT2D eigenvalue weighted by Crippen LogP contribution is -2.57. The van der Waals surface area contributed by atoms with Crippen molar-refractivity contribution >= 4 is 40.9 Å². The molecule has 2 unspecified atom stereocenters. The van der Waals surface area contributed by atoms with Gasteiger partial charge in [0.25, 0.3) is 5.91 Å². The van der Waals surface area contributed by atoms with Crippen LogP contribution in [-0.2, 0) is 14.4 Å². The Kier molecular flexibility index (Phi) is 9.80. The van der Waals surface area contributed by atoms with E-state index in [0.717, 1.165) is 23.2 Å². The lowest BCUT2D eigenvalue weighted by atomic mass is 9.70. The summed E-state index contributed by atoms with van der Waals surface area (Å²) >= 11 is 1.64. The van der Waals surface area contributed by atoms with Crippen molar-refractivity contribution in [2.45, 2.75) is 69.0 Å². The van der Waals surface area contributed by atoms with E-state index in [1.165, 1.54) is 0 Å². The Morgan fingerprint density at radius 2 is 1.78 bits per heavy atom. The summed E-state index contributed by atoms with van der Waals surface area (Å²) in [6, 6.07) is 12.0. The molecule has 5 rings (SSSR count). The van der Waals surface area contributed by atoms with Crippen LogP contribution >= 0.6 is 11.8 Å². The fraction of sp³-hybridized carbons (Fsp3) is 0.472. The molecular weight excluding hydrogens is 586 g/mol. The third-order valence-corrected chi connectivity index (χ3v) is 11.6. The standard InChI is InChI=1S/C36H45N3O5S/c1-7-19-37(26-13-15-27(16-14-26)44-10-4)33(41)30-29-17-18-36(45-29)31(30)34(42)39(25(9-3)22-40)32(36)35(43)38(20-8-2)28-21-23(5)11-12-24(28)6/h7-8,11-16,21,25,29-32,40H,1-2,9-10,17-20,22H2,3-6H3/t25-,29+,30-,31-,32?,36?/m0/s1. The van der Waals surface area contributed by atoms with Crippen LogP contribution in [-0.4, -0.2) is 76.1 Å². The molecule has 2 aromatic rings. The van der Waals surface area contributed by atoms with Crippen LogP contribution in [0.1, 0.15) is 44.2 Å². The summed E-state index contributed by atoms with van der Waals surface area (Å²) in [4.78, 5) is 49.2. The number of anilines is 2.